The van der Waals surface area contributed by atoms with Crippen molar-refractivity contribution in [3.63, 3.8) is 0 Å². The quantitative estimate of drug-likeness (QED) is 0.644. The third kappa shape index (κ3) is 3.22. The highest BCUT2D eigenvalue weighted by Crippen LogP contribution is 2.38. The minimum absolute atomic E-state index is 0.331. The highest BCUT2D eigenvalue weighted by atomic mass is 35.5. The van der Waals surface area contributed by atoms with Gasteiger partial charge in [-0.25, -0.2) is 0 Å². The van der Waals surface area contributed by atoms with Crippen LogP contribution in [0.3, 0.4) is 0 Å². The van der Waals surface area contributed by atoms with Crippen LogP contribution >= 0.6 is 22.9 Å². The Hall–Kier alpha value is -2.51. The predicted octanol–water partition coefficient (Wildman–Crippen LogP) is 3.61. The van der Waals surface area contributed by atoms with Crippen molar-refractivity contribution in [1.82, 2.24) is 10.2 Å². The maximum atomic E-state index is 11.7. The highest BCUT2D eigenvalue weighted by Gasteiger charge is 2.20. The van der Waals surface area contributed by atoms with Gasteiger partial charge in [0.15, 0.2) is 0 Å². The summed E-state index contributed by atoms with van der Waals surface area (Å²) in [5, 5.41) is 7.28. The van der Waals surface area contributed by atoms with E-state index < -0.39 is 5.91 Å². The molecule has 1 unspecified atom stereocenters. The molecule has 0 fully saturated rings. The van der Waals surface area contributed by atoms with E-state index in [2.05, 4.69) is 10.2 Å². The van der Waals surface area contributed by atoms with Gasteiger partial charge in [-0.05, 0) is 13.0 Å². The molecule has 1 aromatic carbocycles. The number of aromatic amines is 1. The number of carbonyl (C=O) groups is 1. The van der Waals surface area contributed by atoms with Gasteiger partial charge in [0.05, 0.1) is 10.6 Å². The molecule has 1 amide bonds. The van der Waals surface area contributed by atoms with E-state index in [1.807, 2.05) is 25.1 Å². The number of nitrogen functional groups attached to an aromatic ring is 1. The molecule has 0 aliphatic carbocycles. The third-order valence-electron chi connectivity index (χ3n) is 3.43. The number of hydrogen-bond donors (Lipinski definition) is 3. The molecule has 2 aromatic heterocycles. The Morgan fingerprint density at radius 3 is 2.75 bits per heavy atom. The van der Waals surface area contributed by atoms with Gasteiger partial charge in [0, 0.05) is 22.7 Å². The lowest BCUT2D eigenvalue weighted by atomic mass is 10.1. The van der Waals surface area contributed by atoms with Crippen molar-refractivity contribution in [3.05, 3.63) is 51.9 Å². The molecule has 8 heteroatoms. The summed E-state index contributed by atoms with van der Waals surface area (Å²) < 4.78 is 5.94. The van der Waals surface area contributed by atoms with E-state index in [1.54, 1.807) is 18.2 Å². The number of nitrogens with one attached hydrogen (secondary N) is 1. The van der Waals surface area contributed by atoms with E-state index in [0.717, 1.165) is 10.4 Å². The van der Waals surface area contributed by atoms with Crippen LogP contribution in [-0.2, 0) is 0 Å². The SMILES string of the molecule is CC(Oc1cc(-c2cc(N)n[nH]2)sc1C(N)=O)c1ccccc1Cl. The molecule has 0 bridgehead atoms. The zero-order valence-corrected chi connectivity index (χ0v) is 14.3. The van der Waals surface area contributed by atoms with E-state index in [9.17, 15) is 4.79 Å². The Labute approximate surface area is 147 Å². The molecular weight excluding hydrogens is 348 g/mol. The standard InChI is InChI=1S/C16H15ClN4O2S/c1-8(9-4-2-3-5-10(9)17)23-12-7-13(24-15(12)16(19)22)11-6-14(18)21-20-11/h2-8H,1H3,(H2,19,22)(H3,18,20,21). The number of benzene rings is 1. The first kappa shape index (κ1) is 16.4. The van der Waals surface area contributed by atoms with E-state index >= 15 is 0 Å². The zero-order chi connectivity index (χ0) is 17.3. The summed E-state index contributed by atoms with van der Waals surface area (Å²) in [6.07, 6.45) is -0.342. The zero-order valence-electron chi connectivity index (χ0n) is 12.7. The average Bonchev–Trinajstić information content (AvgIpc) is 3.14. The first-order valence-electron chi connectivity index (χ1n) is 7.11. The number of carbonyl (C=O) groups excluding carboxylic acids is 1. The normalized spacial score (nSPS) is 12.1. The largest absolute Gasteiger partial charge is 0.484 e. The number of amides is 1. The van der Waals surface area contributed by atoms with Crippen molar-refractivity contribution >= 4 is 34.7 Å². The Balaban J connectivity index is 1.93. The minimum Gasteiger partial charge on any atom is -0.484 e. The van der Waals surface area contributed by atoms with E-state index in [4.69, 9.17) is 27.8 Å². The fourth-order valence-electron chi connectivity index (χ4n) is 2.29. The number of nitrogens with zero attached hydrogens (tertiary/aromatic N) is 1. The molecule has 124 valence electrons. The Morgan fingerprint density at radius 2 is 2.12 bits per heavy atom. The molecular formula is C16H15ClN4O2S. The number of anilines is 1. The van der Waals surface area contributed by atoms with Gasteiger partial charge in [0.2, 0.25) is 0 Å². The molecule has 24 heavy (non-hydrogen) atoms. The number of ether oxygens (including phenoxy) is 1. The molecule has 0 aliphatic rings. The molecule has 3 aromatic rings. The summed E-state index contributed by atoms with van der Waals surface area (Å²) in [6, 6.07) is 10.8. The van der Waals surface area contributed by atoms with Gasteiger partial charge in [-0.3, -0.25) is 9.89 Å². The maximum Gasteiger partial charge on any atom is 0.262 e. The third-order valence-corrected chi connectivity index (χ3v) is 4.94. The van der Waals surface area contributed by atoms with Gasteiger partial charge in [-0.15, -0.1) is 11.3 Å². The summed E-state index contributed by atoms with van der Waals surface area (Å²) in [5.74, 6) is 0.217. The topological polar surface area (TPSA) is 107 Å². The average molecular weight is 363 g/mol. The van der Waals surface area contributed by atoms with Crippen LogP contribution in [0, 0.1) is 0 Å². The summed E-state index contributed by atoms with van der Waals surface area (Å²) in [5.41, 5.74) is 12.6. The number of aromatic nitrogens is 2. The highest BCUT2D eigenvalue weighted by molar-refractivity contribution is 7.17. The van der Waals surface area contributed by atoms with E-state index in [0.29, 0.717) is 27.2 Å². The van der Waals surface area contributed by atoms with Crippen LogP contribution in [0.2, 0.25) is 5.02 Å². The number of thiophene rings is 1. The van der Waals surface area contributed by atoms with Crippen LogP contribution < -0.4 is 16.2 Å². The fourth-order valence-corrected chi connectivity index (χ4v) is 3.49. The second-order valence-corrected chi connectivity index (χ2v) is 6.62. The van der Waals surface area contributed by atoms with Crippen LogP contribution in [0.25, 0.3) is 10.6 Å². The lowest BCUT2D eigenvalue weighted by Crippen LogP contribution is -2.12. The van der Waals surface area contributed by atoms with Crippen molar-refractivity contribution in [1.29, 1.82) is 0 Å². The molecule has 0 saturated heterocycles. The van der Waals surface area contributed by atoms with Gasteiger partial charge < -0.3 is 16.2 Å². The molecule has 0 aliphatic heterocycles. The molecule has 1 atom stereocenters. The van der Waals surface area contributed by atoms with Crippen LogP contribution in [0.1, 0.15) is 28.3 Å². The molecule has 6 nitrogen and oxygen atoms in total. The number of nitrogens with two attached hydrogens (primary N) is 2. The van der Waals surface area contributed by atoms with Gasteiger partial charge >= 0.3 is 0 Å². The van der Waals surface area contributed by atoms with Crippen LogP contribution in [0.4, 0.5) is 5.82 Å². The van der Waals surface area contributed by atoms with Crippen molar-refractivity contribution < 1.29 is 9.53 Å². The summed E-state index contributed by atoms with van der Waals surface area (Å²) in [6.45, 7) is 1.86. The van der Waals surface area contributed by atoms with Crippen molar-refractivity contribution in [2.45, 2.75) is 13.0 Å². The van der Waals surface area contributed by atoms with E-state index in [-0.39, 0.29) is 6.10 Å². The summed E-state index contributed by atoms with van der Waals surface area (Å²) in [4.78, 5) is 12.8. The molecule has 5 N–H and O–H groups in total. The Kier molecular flexibility index (Phi) is 4.46. The number of rotatable bonds is 5. The molecule has 3 rings (SSSR count). The number of hydrogen-bond acceptors (Lipinski definition) is 5. The molecule has 0 spiro atoms. The minimum atomic E-state index is -0.555. The van der Waals surface area contributed by atoms with E-state index in [1.165, 1.54) is 11.3 Å². The van der Waals surface area contributed by atoms with Crippen LogP contribution in [0.5, 0.6) is 5.75 Å². The van der Waals surface area contributed by atoms with Gasteiger partial charge in [0.1, 0.15) is 22.5 Å². The Morgan fingerprint density at radius 1 is 1.38 bits per heavy atom. The van der Waals surface area contributed by atoms with Crippen molar-refractivity contribution in [3.8, 4) is 16.3 Å². The van der Waals surface area contributed by atoms with Crippen molar-refractivity contribution in [2.24, 2.45) is 5.73 Å². The molecule has 0 radical (unpaired) electrons. The van der Waals surface area contributed by atoms with Gasteiger partial charge in [-0.1, -0.05) is 29.8 Å². The monoisotopic (exact) mass is 362 g/mol. The lowest BCUT2D eigenvalue weighted by molar-refractivity contribution is 0.0998. The molecule has 0 saturated carbocycles. The summed E-state index contributed by atoms with van der Waals surface area (Å²) >= 11 is 7.41. The molecule has 2 heterocycles. The number of halogens is 1. The van der Waals surface area contributed by atoms with Crippen LogP contribution in [0.15, 0.2) is 36.4 Å². The first-order valence-corrected chi connectivity index (χ1v) is 8.31. The van der Waals surface area contributed by atoms with Crippen molar-refractivity contribution in [2.75, 3.05) is 5.73 Å². The first-order chi connectivity index (χ1) is 11.5. The summed E-state index contributed by atoms with van der Waals surface area (Å²) in [7, 11) is 0. The van der Waals surface area contributed by atoms with Gasteiger partial charge in [-0.2, -0.15) is 5.10 Å². The second kappa shape index (κ2) is 6.54. The maximum absolute atomic E-state index is 11.7. The van der Waals surface area contributed by atoms with Crippen LogP contribution in [-0.4, -0.2) is 16.1 Å². The van der Waals surface area contributed by atoms with Gasteiger partial charge in [0.25, 0.3) is 5.91 Å². The predicted molar refractivity (Wildman–Crippen MR) is 95.3 cm³/mol. The smallest absolute Gasteiger partial charge is 0.262 e. The Bertz CT molecular complexity index is 890. The number of primary amides is 1. The fraction of sp³-hybridized carbons (Fsp3) is 0.125. The number of H-pyrrole nitrogens is 1. The lowest BCUT2D eigenvalue weighted by Gasteiger charge is -2.16. The second-order valence-electron chi connectivity index (χ2n) is 5.16.